The number of carbonyl (C=O) groups excluding carboxylic acids is 1. The van der Waals surface area contributed by atoms with Gasteiger partial charge in [-0.15, -0.1) is 0 Å². The molecule has 0 saturated carbocycles. The van der Waals surface area contributed by atoms with Gasteiger partial charge in [0.25, 0.3) is 5.91 Å². The van der Waals surface area contributed by atoms with Gasteiger partial charge in [-0.25, -0.2) is 0 Å². The third-order valence-electron chi connectivity index (χ3n) is 6.38. The Balaban J connectivity index is 1.68. The first kappa shape index (κ1) is 27.0. The Kier molecular flexibility index (Phi) is 10.8. The van der Waals surface area contributed by atoms with Crippen LogP contribution in [0, 0.1) is 0 Å². The van der Waals surface area contributed by atoms with Gasteiger partial charge in [0.2, 0.25) is 0 Å². The van der Waals surface area contributed by atoms with Crippen molar-refractivity contribution in [3.05, 3.63) is 100 Å². The number of hydrogen-bond acceptors (Lipinski definition) is 3. The summed E-state index contributed by atoms with van der Waals surface area (Å²) >= 11 is 3.51. The van der Waals surface area contributed by atoms with Gasteiger partial charge in [0, 0.05) is 22.6 Å². The number of amides is 1. The van der Waals surface area contributed by atoms with E-state index in [1.807, 2.05) is 59.5 Å². The molecule has 5 heteroatoms. The molecule has 3 aromatic rings. The number of hydrogen-bond donors (Lipinski definition) is 0. The fraction of sp³-hybridized carbons (Fsp3) is 0.367. The maximum absolute atomic E-state index is 13.5. The SMILES string of the molecule is CCN(CC)CCCC(C)N(Cc1ccc(OCc2ccccc2)cc1)C(=O)c1cccc(Br)c1. The van der Waals surface area contributed by atoms with E-state index in [2.05, 4.69) is 65.9 Å². The fourth-order valence-electron chi connectivity index (χ4n) is 4.15. The van der Waals surface area contributed by atoms with Crippen molar-refractivity contribution in [2.75, 3.05) is 19.6 Å². The van der Waals surface area contributed by atoms with Crippen LogP contribution in [-0.4, -0.2) is 41.4 Å². The zero-order valence-electron chi connectivity index (χ0n) is 21.1. The van der Waals surface area contributed by atoms with Gasteiger partial charge in [0.1, 0.15) is 12.4 Å². The van der Waals surface area contributed by atoms with Gasteiger partial charge < -0.3 is 14.5 Å². The first-order chi connectivity index (χ1) is 17.0. The van der Waals surface area contributed by atoms with Crippen LogP contribution in [-0.2, 0) is 13.2 Å². The summed E-state index contributed by atoms with van der Waals surface area (Å²) < 4.78 is 6.85. The molecule has 0 bridgehead atoms. The lowest BCUT2D eigenvalue weighted by Crippen LogP contribution is -2.38. The zero-order valence-corrected chi connectivity index (χ0v) is 22.7. The van der Waals surface area contributed by atoms with E-state index in [0.717, 1.165) is 53.8 Å². The minimum Gasteiger partial charge on any atom is -0.489 e. The molecule has 1 atom stereocenters. The summed E-state index contributed by atoms with van der Waals surface area (Å²) in [6, 6.07) is 26.0. The molecular weight excluding hydrogens is 500 g/mol. The maximum atomic E-state index is 13.5. The van der Waals surface area contributed by atoms with E-state index in [-0.39, 0.29) is 11.9 Å². The van der Waals surface area contributed by atoms with Crippen LogP contribution in [0.2, 0.25) is 0 Å². The Morgan fingerprint density at radius 3 is 2.29 bits per heavy atom. The molecule has 0 aliphatic carbocycles. The largest absolute Gasteiger partial charge is 0.489 e. The van der Waals surface area contributed by atoms with Gasteiger partial charge in [-0.2, -0.15) is 0 Å². The minimum absolute atomic E-state index is 0.0612. The number of ether oxygens (including phenoxy) is 1. The molecule has 0 fully saturated rings. The smallest absolute Gasteiger partial charge is 0.254 e. The highest BCUT2D eigenvalue weighted by molar-refractivity contribution is 9.10. The molecule has 0 saturated heterocycles. The van der Waals surface area contributed by atoms with Crippen molar-refractivity contribution in [1.82, 2.24) is 9.80 Å². The Bertz CT molecular complexity index is 1040. The van der Waals surface area contributed by atoms with E-state index >= 15 is 0 Å². The van der Waals surface area contributed by atoms with Gasteiger partial charge in [0.15, 0.2) is 0 Å². The molecule has 186 valence electrons. The van der Waals surface area contributed by atoms with Crippen LogP contribution in [0.3, 0.4) is 0 Å². The lowest BCUT2D eigenvalue weighted by molar-refractivity contribution is 0.0662. The molecule has 0 N–H and O–H groups in total. The number of benzene rings is 3. The lowest BCUT2D eigenvalue weighted by atomic mass is 10.1. The van der Waals surface area contributed by atoms with E-state index in [1.54, 1.807) is 0 Å². The van der Waals surface area contributed by atoms with Gasteiger partial charge in [-0.3, -0.25) is 4.79 Å². The first-order valence-corrected chi connectivity index (χ1v) is 13.3. The van der Waals surface area contributed by atoms with Crippen molar-refractivity contribution in [1.29, 1.82) is 0 Å². The standard InChI is InChI=1S/C30H37BrN2O2/c1-4-32(5-2)20-10-11-24(3)33(30(34)27-14-9-15-28(31)21-27)22-25-16-18-29(19-17-25)35-23-26-12-7-6-8-13-26/h6-9,12-19,21,24H,4-5,10-11,20,22-23H2,1-3H3. The summed E-state index contributed by atoms with van der Waals surface area (Å²) in [6.45, 7) is 10.8. The van der Waals surface area contributed by atoms with Crippen LogP contribution in [0.15, 0.2) is 83.3 Å². The summed E-state index contributed by atoms with van der Waals surface area (Å²) in [7, 11) is 0. The van der Waals surface area contributed by atoms with Crippen molar-refractivity contribution in [3.8, 4) is 5.75 Å². The van der Waals surface area contributed by atoms with Crippen molar-refractivity contribution in [3.63, 3.8) is 0 Å². The Hall–Kier alpha value is -2.63. The lowest BCUT2D eigenvalue weighted by Gasteiger charge is -2.30. The summed E-state index contributed by atoms with van der Waals surface area (Å²) in [5, 5.41) is 0. The van der Waals surface area contributed by atoms with Gasteiger partial charge >= 0.3 is 0 Å². The minimum atomic E-state index is 0.0612. The number of rotatable bonds is 13. The molecule has 0 aliphatic rings. The summed E-state index contributed by atoms with van der Waals surface area (Å²) in [5.74, 6) is 0.890. The Morgan fingerprint density at radius 2 is 1.63 bits per heavy atom. The third-order valence-corrected chi connectivity index (χ3v) is 6.87. The molecule has 0 aromatic heterocycles. The second kappa shape index (κ2) is 14.1. The average molecular weight is 538 g/mol. The summed E-state index contributed by atoms with van der Waals surface area (Å²) in [4.78, 5) is 18.0. The predicted octanol–water partition coefficient (Wildman–Crippen LogP) is 7.18. The topological polar surface area (TPSA) is 32.8 Å². The number of carbonyl (C=O) groups is 1. The molecule has 0 spiro atoms. The van der Waals surface area contributed by atoms with Crippen LogP contribution in [0.1, 0.15) is 55.1 Å². The van der Waals surface area contributed by atoms with Crippen LogP contribution in [0.4, 0.5) is 0 Å². The van der Waals surface area contributed by atoms with E-state index in [9.17, 15) is 4.79 Å². The first-order valence-electron chi connectivity index (χ1n) is 12.5. The van der Waals surface area contributed by atoms with Crippen LogP contribution in [0.5, 0.6) is 5.75 Å². The molecule has 3 aromatic carbocycles. The third kappa shape index (κ3) is 8.52. The average Bonchev–Trinajstić information content (AvgIpc) is 2.89. The molecule has 0 heterocycles. The fourth-order valence-corrected chi connectivity index (χ4v) is 4.55. The van der Waals surface area contributed by atoms with Crippen molar-refractivity contribution < 1.29 is 9.53 Å². The highest BCUT2D eigenvalue weighted by Gasteiger charge is 2.22. The van der Waals surface area contributed by atoms with Crippen LogP contribution < -0.4 is 4.74 Å². The van der Waals surface area contributed by atoms with E-state index in [1.165, 1.54) is 0 Å². The molecular formula is C30H37BrN2O2. The Labute approximate surface area is 219 Å². The molecule has 1 amide bonds. The normalized spacial score (nSPS) is 11.9. The van der Waals surface area contributed by atoms with Crippen LogP contribution in [0.25, 0.3) is 0 Å². The molecule has 4 nitrogen and oxygen atoms in total. The second-order valence-electron chi connectivity index (χ2n) is 8.88. The monoisotopic (exact) mass is 536 g/mol. The molecule has 0 aliphatic heterocycles. The second-order valence-corrected chi connectivity index (χ2v) is 9.80. The molecule has 3 rings (SSSR count). The quantitative estimate of drug-likeness (QED) is 0.232. The van der Waals surface area contributed by atoms with E-state index < -0.39 is 0 Å². The van der Waals surface area contributed by atoms with Gasteiger partial charge in [0.05, 0.1) is 0 Å². The predicted molar refractivity (Wildman–Crippen MR) is 148 cm³/mol. The molecule has 1 unspecified atom stereocenters. The van der Waals surface area contributed by atoms with Crippen molar-refractivity contribution in [2.45, 2.75) is 52.8 Å². The number of halogens is 1. The summed E-state index contributed by atoms with van der Waals surface area (Å²) in [6.07, 6.45) is 2.03. The van der Waals surface area contributed by atoms with E-state index in [0.29, 0.717) is 18.7 Å². The van der Waals surface area contributed by atoms with Crippen molar-refractivity contribution >= 4 is 21.8 Å². The molecule has 35 heavy (non-hydrogen) atoms. The molecule has 0 radical (unpaired) electrons. The van der Waals surface area contributed by atoms with Gasteiger partial charge in [-0.1, -0.05) is 78.3 Å². The van der Waals surface area contributed by atoms with Crippen LogP contribution >= 0.6 is 15.9 Å². The van der Waals surface area contributed by atoms with Gasteiger partial charge in [-0.05, 0) is 80.9 Å². The Morgan fingerprint density at radius 1 is 0.914 bits per heavy atom. The number of nitrogens with zero attached hydrogens (tertiary/aromatic N) is 2. The van der Waals surface area contributed by atoms with Crippen molar-refractivity contribution in [2.24, 2.45) is 0 Å². The highest BCUT2D eigenvalue weighted by Crippen LogP contribution is 2.21. The highest BCUT2D eigenvalue weighted by atomic mass is 79.9. The zero-order chi connectivity index (χ0) is 25.0. The summed E-state index contributed by atoms with van der Waals surface area (Å²) in [5.41, 5.74) is 2.94. The van der Waals surface area contributed by atoms with E-state index in [4.69, 9.17) is 4.74 Å². The maximum Gasteiger partial charge on any atom is 0.254 e.